The summed E-state index contributed by atoms with van der Waals surface area (Å²) in [4.78, 5) is 11.2. The van der Waals surface area contributed by atoms with Crippen molar-refractivity contribution in [2.75, 3.05) is 6.54 Å². The summed E-state index contributed by atoms with van der Waals surface area (Å²) in [6, 6.07) is 16.4. The van der Waals surface area contributed by atoms with Gasteiger partial charge in [0.15, 0.2) is 0 Å². The Morgan fingerprint density at radius 1 is 1.16 bits per heavy atom. The highest BCUT2D eigenvalue weighted by Gasteiger charge is 2.26. The van der Waals surface area contributed by atoms with Crippen LogP contribution in [0.5, 0.6) is 0 Å². The zero-order chi connectivity index (χ0) is 13.2. The molecule has 0 spiro atoms. The maximum atomic E-state index is 11.2. The van der Waals surface area contributed by atoms with Crippen LogP contribution < -0.4 is 5.32 Å². The lowest BCUT2D eigenvalue weighted by atomic mass is 9.95. The summed E-state index contributed by atoms with van der Waals surface area (Å²) in [7, 11) is 0. The molecule has 2 aromatic carbocycles. The summed E-state index contributed by atoms with van der Waals surface area (Å²) < 4.78 is 5.29. The molecule has 0 saturated carbocycles. The van der Waals surface area contributed by atoms with Gasteiger partial charge in [-0.05, 0) is 18.1 Å². The Bertz CT molecular complexity index is 622. The first-order valence-electron chi connectivity index (χ1n) is 6.34. The minimum atomic E-state index is -0.343. The maximum absolute atomic E-state index is 11.2. The Morgan fingerprint density at radius 2 is 2.00 bits per heavy atom. The van der Waals surface area contributed by atoms with Crippen molar-refractivity contribution in [3.05, 3.63) is 59.7 Å². The zero-order valence-corrected chi connectivity index (χ0v) is 10.7. The number of nitrogens with one attached hydrogen (secondary N) is 1. The Kier molecular flexibility index (Phi) is 2.95. The second-order valence-corrected chi connectivity index (χ2v) is 4.73. The van der Waals surface area contributed by atoms with E-state index in [1.165, 1.54) is 5.56 Å². The molecule has 19 heavy (non-hydrogen) atoms. The first kappa shape index (κ1) is 11.8. The third-order valence-electron chi connectivity index (χ3n) is 3.32. The first-order chi connectivity index (χ1) is 9.24. The number of carbonyl (C=O) groups is 1. The molecule has 1 aliphatic rings. The molecule has 0 bridgehead atoms. The Hall–Kier alpha value is -2.29. The molecule has 3 nitrogen and oxygen atoms in total. The molecule has 0 aliphatic carbocycles. The molecule has 1 saturated heterocycles. The van der Waals surface area contributed by atoms with E-state index in [0.717, 1.165) is 16.7 Å². The Balaban J connectivity index is 2.04. The average molecular weight is 253 g/mol. The molecule has 2 aromatic rings. The molecule has 1 fully saturated rings. The number of cyclic esters (lactones) is 1. The molecule has 0 radical (unpaired) electrons. The predicted octanol–water partition coefficient (Wildman–Crippen LogP) is 3.44. The van der Waals surface area contributed by atoms with Gasteiger partial charge in [-0.3, -0.25) is 0 Å². The van der Waals surface area contributed by atoms with E-state index in [1.54, 1.807) is 0 Å². The van der Waals surface area contributed by atoms with E-state index in [4.69, 9.17) is 4.74 Å². The fraction of sp³-hybridized carbons (Fsp3) is 0.188. The van der Waals surface area contributed by atoms with E-state index < -0.39 is 0 Å². The molecule has 96 valence electrons. The van der Waals surface area contributed by atoms with Gasteiger partial charge in [0, 0.05) is 5.56 Å². The van der Waals surface area contributed by atoms with Crippen LogP contribution in [-0.4, -0.2) is 12.6 Å². The fourth-order valence-electron chi connectivity index (χ4n) is 2.42. The summed E-state index contributed by atoms with van der Waals surface area (Å²) in [5, 5.41) is 2.70. The van der Waals surface area contributed by atoms with Gasteiger partial charge in [-0.25, -0.2) is 4.79 Å². The molecular weight excluding hydrogens is 238 g/mol. The van der Waals surface area contributed by atoms with Gasteiger partial charge in [0.1, 0.15) is 6.10 Å². The summed E-state index contributed by atoms with van der Waals surface area (Å²) in [6.07, 6.45) is -0.548. The molecule has 3 rings (SSSR count). The fourth-order valence-corrected chi connectivity index (χ4v) is 2.42. The summed E-state index contributed by atoms with van der Waals surface area (Å²) in [6.45, 7) is 2.60. The average Bonchev–Trinajstić information content (AvgIpc) is 2.85. The number of rotatable bonds is 2. The predicted molar refractivity (Wildman–Crippen MR) is 73.8 cm³/mol. The van der Waals surface area contributed by atoms with Crippen molar-refractivity contribution in [1.82, 2.24) is 5.32 Å². The highest BCUT2D eigenvalue weighted by Crippen LogP contribution is 2.31. The number of alkyl carbamates (subject to hydrolysis) is 1. The van der Waals surface area contributed by atoms with E-state index >= 15 is 0 Å². The van der Waals surface area contributed by atoms with Crippen LogP contribution >= 0.6 is 0 Å². The van der Waals surface area contributed by atoms with Crippen LogP contribution in [0.3, 0.4) is 0 Å². The lowest BCUT2D eigenvalue weighted by Crippen LogP contribution is -2.12. The van der Waals surface area contributed by atoms with Crippen molar-refractivity contribution in [3.63, 3.8) is 0 Å². The van der Waals surface area contributed by atoms with Gasteiger partial charge in [0.25, 0.3) is 0 Å². The highest BCUT2D eigenvalue weighted by atomic mass is 16.6. The molecule has 0 aromatic heterocycles. The number of amides is 1. The third-order valence-corrected chi connectivity index (χ3v) is 3.32. The van der Waals surface area contributed by atoms with Crippen LogP contribution in [-0.2, 0) is 4.74 Å². The van der Waals surface area contributed by atoms with Gasteiger partial charge in [0.05, 0.1) is 6.54 Å². The number of hydrogen-bond acceptors (Lipinski definition) is 2. The van der Waals surface area contributed by atoms with Gasteiger partial charge in [-0.1, -0.05) is 54.1 Å². The van der Waals surface area contributed by atoms with Crippen LogP contribution in [0.4, 0.5) is 4.79 Å². The quantitative estimate of drug-likeness (QED) is 0.890. The van der Waals surface area contributed by atoms with E-state index in [1.807, 2.05) is 24.3 Å². The van der Waals surface area contributed by atoms with Gasteiger partial charge < -0.3 is 10.1 Å². The van der Waals surface area contributed by atoms with Crippen molar-refractivity contribution in [1.29, 1.82) is 0 Å². The van der Waals surface area contributed by atoms with Gasteiger partial charge >= 0.3 is 6.09 Å². The Morgan fingerprint density at radius 3 is 2.74 bits per heavy atom. The number of aryl methyl sites for hydroxylation is 1. The lowest BCUT2D eigenvalue weighted by Gasteiger charge is -2.14. The normalized spacial score (nSPS) is 17.9. The summed E-state index contributed by atoms with van der Waals surface area (Å²) in [5.41, 5.74) is 4.53. The second kappa shape index (κ2) is 4.76. The molecular formula is C16H15NO2. The lowest BCUT2D eigenvalue weighted by molar-refractivity contribution is 0.141. The second-order valence-electron chi connectivity index (χ2n) is 4.73. The minimum absolute atomic E-state index is 0.204. The van der Waals surface area contributed by atoms with Crippen LogP contribution in [0.25, 0.3) is 11.1 Å². The number of carbonyl (C=O) groups excluding carboxylic acids is 1. The largest absolute Gasteiger partial charge is 0.439 e. The van der Waals surface area contributed by atoms with Crippen molar-refractivity contribution in [2.24, 2.45) is 0 Å². The number of benzene rings is 2. The van der Waals surface area contributed by atoms with Crippen LogP contribution in [0.1, 0.15) is 17.2 Å². The first-order valence-corrected chi connectivity index (χ1v) is 6.34. The Labute approximate surface area is 112 Å². The topological polar surface area (TPSA) is 38.3 Å². The van der Waals surface area contributed by atoms with Crippen molar-refractivity contribution >= 4 is 6.09 Å². The van der Waals surface area contributed by atoms with Crippen LogP contribution in [0.2, 0.25) is 0 Å². The van der Waals surface area contributed by atoms with E-state index in [2.05, 4.69) is 36.5 Å². The summed E-state index contributed by atoms with van der Waals surface area (Å²) >= 11 is 0. The van der Waals surface area contributed by atoms with E-state index in [9.17, 15) is 4.79 Å². The minimum Gasteiger partial charge on any atom is -0.439 e. The van der Waals surface area contributed by atoms with Crippen LogP contribution in [0, 0.1) is 6.92 Å². The number of hydrogen-bond donors (Lipinski definition) is 1. The highest BCUT2D eigenvalue weighted by molar-refractivity contribution is 5.73. The maximum Gasteiger partial charge on any atom is 0.407 e. The monoisotopic (exact) mass is 253 g/mol. The van der Waals surface area contributed by atoms with Gasteiger partial charge in [-0.2, -0.15) is 0 Å². The molecule has 1 amide bonds. The van der Waals surface area contributed by atoms with E-state index in [-0.39, 0.29) is 12.2 Å². The molecule has 1 N–H and O–H groups in total. The van der Waals surface area contributed by atoms with Crippen molar-refractivity contribution in [2.45, 2.75) is 13.0 Å². The molecule has 1 unspecified atom stereocenters. The van der Waals surface area contributed by atoms with Crippen molar-refractivity contribution < 1.29 is 9.53 Å². The van der Waals surface area contributed by atoms with Gasteiger partial charge in [0.2, 0.25) is 0 Å². The standard InChI is InChI=1S/C16H15NO2/c1-11-5-4-6-12(9-11)13-7-2-3-8-14(13)15-10-17-16(18)19-15/h2-9,15H,10H2,1H3,(H,17,18). The molecule has 1 aliphatic heterocycles. The third kappa shape index (κ3) is 2.32. The summed E-state index contributed by atoms with van der Waals surface area (Å²) in [5.74, 6) is 0. The van der Waals surface area contributed by atoms with E-state index in [0.29, 0.717) is 6.54 Å². The molecule has 1 heterocycles. The van der Waals surface area contributed by atoms with Crippen molar-refractivity contribution in [3.8, 4) is 11.1 Å². The number of ether oxygens (including phenoxy) is 1. The zero-order valence-electron chi connectivity index (χ0n) is 10.7. The SMILES string of the molecule is Cc1cccc(-c2ccccc2C2CNC(=O)O2)c1. The smallest absolute Gasteiger partial charge is 0.407 e. The van der Waals surface area contributed by atoms with Gasteiger partial charge in [-0.15, -0.1) is 0 Å². The molecule has 1 atom stereocenters. The van der Waals surface area contributed by atoms with Crippen LogP contribution in [0.15, 0.2) is 48.5 Å². The molecule has 3 heteroatoms.